The van der Waals surface area contributed by atoms with E-state index < -0.39 is 68.9 Å². The molecule has 0 aromatic heterocycles. The van der Waals surface area contributed by atoms with Gasteiger partial charge >= 0.3 is 68.9 Å². The van der Waals surface area contributed by atoms with Crippen LogP contribution in [0.2, 0.25) is 0 Å². The molecular weight excluding hydrogens is 638 g/mol. The average molecular weight is 639 g/mol. The van der Waals surface area contributed by atoms with E-state index in [2.05, 4.69) is 0 Å². The van der Waals surface area contributed by atoms with E-state index in [1.807, 2.05) is 0 Å². The molecule has 0 rings (SSSR count). The molecule has 0 fully saturated rings. The molecule has 0 bridgehead atoms. The zero-order valence-electron chi connectivity index (χ0n) is 15.6. The first kappa shape index (κ1) is 38.2. The van der Waals surface area contributed by atoms with Crippen LogP contribution < -0.4 is 0 Å². The van der Waals surface area contributed by atoms with Gasteiger partial charge in [-0.05, 0) is 0 Å². The molecule has 0 heterocycles. The van der Waals surface area contributed by atoms with Crippen molar-refractivity contribution in [1.82, 2.24) is 0 Å². The molecule has 0 aromatic rings. The van der Waals surface area contributed by atoms with Crippen molar-refractivity contribution >= 4 is 61.5 Å². The first-order chi connectivity index (χ1) is 14.5. The van der Waals surface area contributed by atoms with Crippen LogP contribution in [0.3, 0.4) is 0 Å². The van der Waals surface area contributed by atoms with Crippen molar-refractivity contribution in [3.63, 3.8) is 0 Å². The van der Waals surface area contributed by atoms with E-state index in [1.54, 1.807) is 0 Å². The van der Waals surface area contributed by atoms with E-state index in [9.17, 15) is 101 Å². The molecule has 26 heteroatoms. The minimum Gasteiger partial charge on any atom is -0.281 e. The number of alkyl halides is 21. The Balaban J connectivity index is 0. The Kier molecular flexibility index (Phi) is 9.91. The predicted molar refractivity (Wildman–Crippen MR) is 67.9 cm³/mol. The molecule has 213 valence electrons. The maximum Gasteiger partial charge on any atom is 0.460 e. The van der Waals surface area contributed by atoms with Crippen molar-refractivity contribution in [3.8, 4) is 0 Å². The molecule has 0 aromatic carbocycles. The third-order valence-electron chi connectivity index (χ3n) is 3.81. The summed E-state index contributed by atoms with van der Waals surface area (Å²) < 4.78 is 298. The molecule has 36 heavy (non-hydrogen) atoms. The predicted octanol–water partition coefficient (Wildman–Crippen LogP) is 5.73. The quantitative estimate of drug-likeness (QED) is 0.199. The van der Waals surface area contributed by atoms with Gasteiger partial charge in [0, 0.05) is 51.4 Å². The minimum atomic E-state index is -9.38. The Morgan fingerprint density at radius 1 is 0.361 bits per heavy atom. The summed E-state index contributed by atoms with van der Waals surface area (Å²) in [5.74, 6) is -72.6. The van der Waals surface area contributed by atoms with E-state index in [-0.39, 0.29) is 51.4 Å². The van der Waals surface area contributed by atoms with E-state index in [1.165, 1.54) is 0 Å². The Morgan fingerprint density at radius 2 is 0.528 bits per heavy atom. The van der Waals surface area contributed by atoms with Gasteiger partial charge in [-0.3, -0.25) is 4.55 Å². The van der Waals surface area contributed by atoms with Crippen molar-refractivity contribution in [2.45, 2.75) is 58.8 Å². The largest absolute Gasteiger partial charge is 0.460 e. The molecule has 1 N–H and O–H groups in total. The summed E-state index contributed by atoms with van der Waals surface area (Å²) in [6.07, 6.45) is -8.08. The third kappa shape index (κ3) is 4.59. The molecule has 0 aliphatic rings. The summed E-state index contributed by atoms with van der Waals surface area (Å²) in [5, 5.41) is -8.06. The van der Waals surface area contributed by atoms with E-state index in [4.69, 9.17) is 4.55 Å². The van der Waals surface area contributed by atoms with Gasteiger partial charge in [-0.15, -0.1) is 0 Å². The fourth-order valence-electron chi connectivity index (χ4n) is 1.71. The van der Waals surface area contributed by atoms with Crippen molar-refractivity contribution in [3.05, 3.63) is 0 Å². The summed E-state index contributed by atoms with van der Waals surface area (Å²) in [6.45, 7) is 0. The second-order valence-corrected chi connectivity index (χ2v) is 7.55. The topological polar surface area (TPSA) is 54.4 Å². The van der Waals surface area contributed by atoms with Gasteiger partial charge in [0.15, 0.2) is 0 Å². The van der Waals surface area contributed by atoms with Crippen LogP contribution in [0.1, 0.15) is 0 Å². The van der Waals surface area contributed by atoms with Gasteiger partial charge in [0.05, 0.1) is 0 Å². The Hall–Kier alpha value is 0.0764. The summed E-state index contributed by atoms with van der Waals surface area (Å²) in [6, 6.07) is 0. The van der Waals surface area contributed by atoms with Gasteiger partial charge in [-0.2, -0.15) is 101 Å². The summed E-state index contributed by atoms with van der Waals surface area (Å²) in [5.41, 5.74) is 0. The van der Waals surface area contributed by atoms with Gasteiger partial charge in [0.2, 0.25) is 0 Å². The molecule has 0 aliphatic heterocycles. The zero-order chi connectivity index (χ0) is 29.5. The molecule has 0 spiro atoms. The SMILES string of the molecule is O=S(=O)(O)C(F)(F)C(F)(F)C(F)(F)C(F)(F)C(F)(F)C(F)(F)C(F)(F)C(F)(F)C(F)(F)C(F)(F)F.[K]. The molecule has 0 unspecified atom stereocenters. The summed E-state index contributed by atoms with van der Waals surface area (Å²) >= 11 is 0. The zero-order valence-corrected chi connectivity index (χ0v) is 19.5. The second kappa shape index (κ2) is 9.33. The van der Waals surface area contributed by atoms with Crippen molar-refractivity contribution in [1.29, 1.82) is 0 Å². The molecule has 3 nitrogen and oxygen atoms in total. The van der Waals surface area contributed by atoms with Crippen LogP contribution in [0.4, 0.5) is 92.2 Å². The van der Waals surface area contributed by atoms with Gasteiger partial charge in [0.1, 0.15) is 0 Å². The maximum atomic E-state index is 13.3. The monoisotopic (exact) mass is 639 g/mol. The van der Waals surface area contributed by atoms with Crippen LogP contribution >= 0.6 is 0 Å². The standard InChI is InChI=1S/C10HF21O3S.K/c11-1(12,3(15,16)5(19,20)7(23,24)9(27,28)29)2(13,14)4(17,18)6(21,22)8(25,26)10(30,31)35(32,33)34;/h(H,32,33,34);. The van der Waals surface area contributed by atoms with E-state index >= 15 is 0 Å². The molecule has 0 saturated heterocycles. The van der Waals surface area contributed by atoms with Crippen LogP contribution in [-0.2, 0) is 10.1 Å². The van der Waals surface area contributed by atoms with Crippen LogP contribution in [0, 0.1) is 0 Å². The number of hydrogen-bond acceptors (Lipinski definition) is 2. The first-order valence-electron chi connectivity index (χ1n) is 6.94. The van der Waals surface area contributed by atoms with Crippen molar-refractivity contribution < 1.29 is 105 Å². The molecule has 1 radical (unpaired) electrons. The van der Waals surface area contributed by atoms with Gasteiger partial charge in [0.25, 0.3) is 0 Å². The molecular formula is C10HF21KO3S. The second-order valence-electron chi connectivity index (χ2n) is 6.08. The molecule has 0 saturated carbocycles. The molecule has 0 amide bonds. The van der Waals surface area contributed by atoms with Gasteiger partial charge in [-0.25, -0.2) is 0 Å². The minimum absolute atomic E-state index is 0. The summed E-state index contributed by atoms with van der Waals surface area (Å²) in [4.78, 5) is 0. The first-order valence-corrected chi connectivity index (χ1v) is 8.38. The molecule has 0 atom stereocenters. The van der Waals surface area contributed by atoms with Gasteiger partial charge in [-0.1, -0.05) is 0 Å². The van der Waals surface area contributed by atoms with E-state index in [0.717, 1.165) is 0 Å². The van der Waals surface area contributed by atoms with E-state index in [0.29, 0.717) is 0 Å². The normalized spacial score (nSPS) is 16.6. The van der Waals surface area contributed by atoms with Crippen LogP contribution in [0.15, 0.2) is 0 Å². The van der Waals surface area contributed by atoms with Crippen LogP contribution in [-0.4, -0.2) is 123 Å². The van der Waals surface area contributed by atoms with Crippen LogP contribution in [0.25, 0.3) is 0 Å². The van der Waals surface area contributed by atoms with Crippen LogP contribution in [0.5, 0.6) is 0 Å². The molecule has 0 aliphatic carbocycles. The maximum absolute atomic E-state index is 13.3. The fourth-order valence-corrected chi connectivity index (χ4v) is 2.16. The van der Waals surface area contributed by atoms with Gasteiger partial charge < -0.3 is 0 Å². The average Bonchev–Trinajstić information content (AvgIpc) is 2.58. The summed E-state index contributed by atoms with van der Waals surface area (Å²) in [7, 11) is -8.09. The Morgan fingerprint density at radius 3 is 0.694 bits per heavy atom. The third-order valence-corrected chi connectivity index (χ3v) is 4.71. The van der Waals surface area contributed by atoms with Crippen molar-refractivity contribution in [2.24, 2.45) is 0 Å². The number of rotatable bonds is 9. The number of hydrogen-bond donors (Lipinski definition) is 1. The smallest absolute Gasteiger partial charge is 0.281 e. The van der Waals surface area contributed by atoms with Crippen molar-refractivity contribution in [2.75, 3.05) is 0 Å². The fraction of sp³-hybridized carbons (Fsp3) is 1.00. The Bertz CT molecular complexity index is 919. The Labute approximate surface area is 224 Å². The number of halogens is 21.